The summed E-state index contributed by atoms with van der Waals surface area (Å²) in [5, 5.41) is 11.0. The van der Waals surface area contributed by atoms with Crippen LogP contribution < -0.4 is 4.31 Å². The molecule has 0 saturated carbocycles. The van der Waals surface area contributed by atoms with Crippen molar-refractivity contribution in [3.05, 3.63) is 63.7 Å². The zero-order chi connectivity index (χ0) is 19.5. The molecule has 26 heavy (non-hydrogen) atoms. The maximum absolute atomic E-state index is 13.2. The first kappa shape index (κ1) is 19.4. The lowest BCUT2D eigenvalue weighted by molar-refractivity contribution is -0.385. The highest BCUT2D eigenvalue weighted by molar-refractivity contribution is 7.93. The number of esters is 1. The van der Waals surface area contributed by atoms with Crippen molar-refractivity contribution in [3.63, 3.8) is 0 Å². The van der Waals surface area contributed by atoms with Crippen molar-refractivity contribution >= 4 is 27.4 Å². The predicted molar refractivity (Wildman–Crippen MR) is 95.6 cm³/mol. The maximum Gasteiger partial charge on any atom is 0.326 e. The topological polar surface area (TPSA) is 107 Å². The molecule has 0 N–H and O–H groups in total. The fourth-order valence-corrected chi connectivity index (χ4v) is 4.03. The van der Waals surface area contributed by atoms with Crippen LogP contribution in [0.1, 0.15) is 11.1 Å². The lowest BCUT2D eigenvalue weighted by Crippen LogP contribution is -2.36. The SMILES string of the molecule is COC(=O)CN(c1cccc(C)c1)S(=O)(=O)c1cc([N+](=O)[O-])ccc1C. The van der Waals surface area contributed by atoms with E-state index in [1.807, 2.05) is 0 Å². The monoisotopic (exact) mass is 378 g/mol. The summed E-state index contributed by atoms with van der Waals surface area (Å²) in [4.78, 5) is 21.9. The Hall–Kier alpha value is -2.94. The van der Waals surface area contributed by atoms with Crippen LogP contribution in [0.3, 0.4) is 0 Å². The molecule has 0 aromatic heterocycles. The summed E-state index contributed by atoms with van der Waals surface area (Å²) in [5.41, 5.74) is 1.04. The van der Waals surface area contributed by atoms with Gasteiger partial charge in [-0.05, 0) is 37.1 Å². The van der Waals surface area contributed by atoms with Crippen molar-refractivity contribution in [3.8, 4) is 0 Å². The summed E-state index contributed by atoms with van der Waals surface area (Å²) >= 11 is 0. The quantitative estimate of drug-likeness (QED) is 0.434. The van der Waals surface area contributed by atoms with Crippen molar-refractivity contribution in [2.75, 3.05) is 18.0 Å². The van der Waals surface area contributed by atoms with Gasteiger partial charge in [0.25, 0.3) is 15.7 Å². The molecule has 0 spiro atoms. The van der Waals surface area contributed by atoms with Crippen LogP contribution in [0.15, 0.2) is 47.4 Å². The summed E-state index contributed by atoms with van der Waals surface area (Å²) in [6.07, 6.45) is 0. The number of carbonyl (C=O) groups is 1. The fourth-order valence-electron chi connectivity index (χ4n) is 2.38. The van der Waals surface area contributed by atoms with Gasteiger partial charge in [-0.3, -0.25) is 19.2 Å². The standard InChI is InChI=1S/C17H18N2O6S/c1-12-5-4-6-14(9-12)18(11-17(20)25-3)26(23,24)16-10-15(19(21)22)8-7-13(16)2/h4-10H,11H2,1-3H3. The van der Waals surface area contributed by atoms with Crippen molar-refractivity contribution in [1.29, 1.82) is 0 Å². The first-order valence-corrected chi connectivity index (χ1v) is 9.02. The Balaban J connectivity index is 2.64. The highest BCUT2D eigenvalue weighted by Crippen LogP contribution is 2.29. The van der Waals surface area contributed by atoms with E-state index < -0.39 is 27.5 Å². The van der Waals surface area contributed by atoms with Gasteiger partial charge in [0.05, 0.1) is 22.6 Å². The third-order valence-corrected chi connectivity index (χ3v) is 5.66. The molecule has 0 aliphatic heterocycles. The molecule has 0 atom stereocenters. The van der Waals surface area contributed by atoms with Gasteiger partial charge in [0.1, 0.15) is 6.54 Å². The van der Waals surface area contributed by atoms with E-state index in [9.17, 15) is 23.3 Å². The van der Waals surface area contributed by atoms with Gasteiger partial charge >= 0.3 is 5.97 Å². The van der Waals surface area contributed by atoms with Crippen molar-refractivity contribution in [1.82, 2.24) is 0 Å². The minimum atomic E-state index is -4.23. The van der Waals surface area contributed by atoms with Gasteiger partial charge in [-0.25, -0.2) is 8.42 Å². The Morgan fingerprint density at radius 2 is 1.88 bits per heavy atom. The number of hydrogen-bond donors (Lipinski definition) is 0. The number of aryl methyl sites for hydroxylation is 2. The number of nitrogens with zero attached hydrogens (tertiary/aromatic N) is 2. The van der Waals surface area contributed by atoms with Crippen molar-refractivity contribution < 1.29 is 22.9 Å². The molecular formula is C17H18N2O6S. The summed E-state index contributed by atoms with van der Waals surface area (Å²) < 4.78 is 31.9. The van der Waals surface area contributed by atoms with Gasteiger partial charge in [0, 0.05) is 12.1 Å². The average molecular weight is 378 g/mol. The van der Waals surface area contributed by atoms with Crippen LogP contribution in [0.5, 0.6) is 0 Å². The number of non-ortho nitro benzene ring substituents is 1. The Morgan fingerprint density at radius 1 is 1.19 bits per heavy atom. The van der Waals surface area contributed by atoms with Crippen LogP contribution >= 0.6 is 0 Å². The van der Waals surface area contributed by atoms with Gasteiger partial charge in [-0.1, -0.05) is 18.2 Å². The zero-order valence-electron chi connectivity index (χ0n) is 14.5. The Kier molecular flexibility index (Phi) is 5.61. The highest BCUT2D eigenvalue weighted by atomic mass is 32.2. The van der Waals surface area contributed by atoms with Crippen molar-refractivity contribution in [2.24, 2.45) is 0 Å². The molecule has 2 aromatic rings. The highest BCUT2D eigenvalue weighted by Gasteiger charge is 2.30. The average Bonchev–Trinajstić information content (AvgIpc) is 2.59. The molecule has 8 nitrogen and oxygen atoms in total. The summed E-state index contributed by atoms with van der Waals surface area (Å²) in [7, 11) is -3.08. The lowest BCUT2D eigenvalue weighted by Gasteiger charge is -2.24. The van der Waals surface area contributed by atoms with E-state index in [-0.39, 0.29) is 16.3 Å². The molecule has 2 rings (SSSR count). The molecule has 9 heteroatoms. The molecule has 138 valence electrons. The third-order valence-electron chi connectivity index (χ3n) is 3.74. The van der Waals surface area contributed by atoms with E-state index in [0.29, 0.717) is 5.56 Å². The van der Waals surface area contributed by atoms with Crippen LogP contribution in [0, 0.1) is 24.0 Å². The molecule has 0 bridgehead atoms. The van der Waals surface area contributed by atoms with Gasteiger partial charge in [-0.15, -0.1) is 0 Å². The summed E-state index contributed by atoms with van der Waals surface area (Å²) in [6, 6.07) is 10.2. The Morgan fingerprint density at radius 3 is 2.46 bits per heavy atom. The number of methoxy groups -OCH3 is 1. The van der Waals surface area contributed by atoms with E-state index in [1.165, 1.54) is 19.1 Å². The second kappa shape index (κ2) is 7.52. The van der Waals surface area contributed by atoms with E-state index in [0.717, 1.165) is 23.0 Å². The minimum absolute atomic E-state index is 0.239. The number of nitro benzene ring substituents is 1. The molecular weight excluding hydrogens is 360 g/mol. The Labute approximate surface area is 151 Å². The van der Waals surface area contributed by atoms with Gasteiger partial charge in [0.15, 0.2) is 0 Å². The smallest absolute Gasteiger partial charge is 0.326 e. The first-order valence-electron chi connectivity index (χ1n) is 7.58. The maximum atomic E-state index is 13.2. The first-order chi connectivity index (χ1) is 12.2. The number of benzene rings is 2. The molecule has 0 heterocycles. The molecule has 0 aliphatic rings. The minimum Gasteiger partial charge on any atom is -0.468 e. The molecule has 0 amide bonds. The number of carbonyl (C=O) groups excluding carboxylic acids is 1. The third kappa shape index (κ3) is 3.99. The van der Waals surface area contributed by atoms with Gasteiger partial charge in [-0.2, -0.15) is 0 Å². The van der Waals surface area contributed by atoms with E-state index in [4.69, 9.17) is 0 Å². The lowest BCUT2D eigenvalue weighted by atomic mass is 10.2. The number of hydrogen-bond acceptors (Lipinski definition) is 6. The van der Waals surface area contributed by atoms with Crippen LogP contribution in [-0.2, 0) is 19.6 Å². The Bertz CT molecular complexity index is 955. The second-order valence-corrected chi connectivity index (χ2v) is 7.46. The number of ether oxygens (including phenoxy) is 1. The predicted octanol–water partition coefficient (Wildman–Crippen LogP) is 2.58. The fraction of sp³-hybridized carbons (Fsp3) is 0.235. The summed E-state index contributed by atoms with van der Waals surface area (Å²) in [5.74, 6) is -0.752. The zero-order valence-corrected chi connectivity index (χ0v) is 15.3. The van der Waals surface area contributed by atoms with Crippen molar-refractivity contribution in [2.45, 2.75) is 18.7 Å². The molecule has 0 unspecified atom stereocenters. The molecule has 0 aliphatic carbocycles. The number of nitro groups is 1. The van der Waals surface area contributed by atoms with Crippen LogP contribution in [0.2, 0.25) is 0 Å². The second-order valence-electron chi connectivity index (χ2n) is 5.63. The van der Waals surface area contributed by atoms with Gasteiger partial charge < -0.3 is 4.74 Å². The number of rotatable bonds is 6. The molecule has 0 radical (unpaired) electrons. The van der Waals surface area contributed by atoms with Crippen LogP contribution in [0.4, 0.5) is 11.4 Å². The molecule has 0 fully saturated rings. The van der Waals surface area contributed by atoms with Gasteiger partial charge in [0.2, 0.25) is 0 Å². The number of anilines is 1. The van der Waals surface area contributed by atoms with Crippen LogP contribution in [-0.4, -0.2) is 33.0 Å². The van der Waals surface area contributed by atoms with E-state index in [1.54, 1.807) is 31.2 Å². The summed E-state index contributed by atoms with van der Waals surface area (Å²) in [6.45, 7) is 2.76. The normalized spacial score (nSPS) is 11.0. The van der Waals surface area contributed by atoms with Crippen LogP contribution in [0.25, 0.3) is 0 Å². The number of sulfonamides is 1. The van der Waals surface area contributed by atoms with E-state index >= 15 is 0 Å². The molecule has 0 saturated heterocycles. The largest absolute Gasteiger partial charge is 0.468 e. The van der Waals surface area contributed by atoms with E-state index in [2.05, 4.69) is 4.74 Å². The molecule has 2 aromatic carbocycles.